The Kier molecular flexibility index (Phi) is 5.39. The minimum Gasteiger partial charge on any atom is -0.411 e. The number of hydrogen-bond acceptors (Lipinski definition) is 9. The van der Waals surface area contributed by atoms with Crippen molar-refractivity contribution in [3.8, 4) is 11.5 Å². The molecule has 1 unspecified atom stereocenters. The van der Waals surface area contributed by atoms with Crippen LogP contribution in [0.1, 0.15) is 23.6 Å². The van der Waals surface area contributed by atoms with E-state index in [1.807, 2.05) is 68.4 Å². The third kappa shape index (κ3) is 4.69. The standard InChI is InChI=1S/C20H19N7OS/c1-12-8-10-14(11-9-12)17-26-27-20(28-17)29-13(2)16-23-18(21)25-19(24-16)22-15-6-4-3-5-7-15/h3-11,13H,1-2H3,(H3,21,22,23,24,25). The predicted octanol–water partition coefficient (Wildman–Crippen LogP) is 4.41. The summed E-state index contributed by atoms with van der Waals surface area (Å²) in [6, 6.07) is 17.5. The van der Waals surface area contributed by atoms with Crippen LogP contribution in [0, 0.1) is 6.92 Å². The number of thioether (sulfide) groups is 1. The first-order valence-corrected chi connectivity index (χ1v) is 9.85. The van der Waals surface area contributed by atoms with Crippen LogP contribution in [0.15, 0.2) is 64.2 Å². The number of para-hydroxylation sites is 1. The Labute approximate surface area is 172 Å². The fraction of sp³-hybridized carbons (Fsp3) is 0.150. The molecule has 0 aliphatic heterocycles. The number of nitrogen functional groups attached to an aromatic ring is 1. The summed E-state index contributed by atoms with van der Waals surface area (Å²) >= 11 is 1.36. The fourth-order valence-corrected chi connectivity index (χ4v) is 3.30. The summed E-state index contributed by atoms with van der Waals surface area (Å²) in [4.78, 5) is 12.9. The first-order valence-electron chi connectivity index (χ1n) is 8.97. The number of aryl methyl sites for hydroxylation is 1. The van der Waals surface area contributed by atoms with Crippen molar-refractivity contribution in [1.29, 1.82) is 0 Å². The maximum atomic E-state index is 5.87. The van der Waals surface area contributed by atoms with Crippen molar-refractivity contribution in [2.45, 2.75) is 24.3 Å². The Morgan fingerprint density at radius 1 is 0.966 bits per heavy atom. The number of rotatable bonds is 6. The van der Waals surface area contributed by atoms with Gasteiger partial charge >= 0.3 is 0 Å². The summed E-state index contributed by atoms with van der Waals surface area (Å²) < 4.78 is 5.78. The summed E-state index contributed by atoms with van der Waals surface area (Å²) in [5.41, 5.74) is 8.78. The Bertz CT molecular complexity index is 1100. The maximum Gasteiger partial charge on any atom is 0.277 e. The van der Waals surface area contributed by atoms with Crippen molar-refractivity contribution in [1.82, 2.24) is 25.1 Å². The molecule has 9 heteroatoms. The van der Waals surface area contributed by atoms with Crippen LogP contribution in [0.25, 0.3) is 11.5 Å². The topological polar surface area (TPSA) is 116 Å². The molecule has 0 saturated heterocycles. The molecular weight excluding hydrogens is 386 g/mol. The molecule has 0 amide bonds. The van der Waals surface area contributed by atoms with Crippen LogP contribution in [0.2, 0.25) is 0 Å². The van der Waals surface area contributed by atoms with Crippen molar-refractivity contribution < 1.29 is 4.42 Å². The van der Waals surface area contributed by atoms with Gasteiger partial charge in [-0.05, 0) is 38.1 Å². The van der Waals surface area contributed by atoms with Crippen LogP contribution in [0.4, 0.5) is 17.6 Å². The Morgan fingerprint density at radius 3 is 2.48 bits per heavy atom. The smallest absolute Gasteiger partial charge is 0.277 e. The third-order valence-electron chi connectivity index (χ3n) is 4.05. The third-order valence-corrected chi connectivity index (χ3v) is 4.98. The quantitative estimate of drug-likeness (QED) is 0.450. The molecule has 29 heavy (non-hydrogen) atoms. The van der Waals surface area contributed by atoms with E-state index in [2.05, 4.69) is 30.5 Å². The van der Waals surface area contributed by atoms with E-state index in [1.165, 1.54) is 17.3 Å². The van der Waals surface area contributed by atoms with E-state index in [0.717, 1.165) is 11.3 Å². The molecule has 0 aliphatic carbocycles. The highest BCUT2D eigenvalue weighted by Gasteiger charge is 2.18. The van der Waals surface area contributed by atoms with Gasteiger partial charge in [-0.25, -0.2) is 0 Å². The van der Waals surface area contributed by atoms with Gasteiger partial charge in [0.2, 0.25) is 17.8 Å². The molecule has 0 fully saturated rings. The number of nitrogens with zero attached hydrogens (tertiary/aromatic N) is 5. The van der Waals surface area contributed by atoms with Crippen molar-refractivity contribution in [2.75, 3.05) is 11.1 Å². The molecule has 0 saturated carbocycles. The largest absolute Gasteiger partial charge is 0.411 e. The molecule has 0 spiro atoms. The van der Waals surface area contributed by atoms with Crippen molar-refractivity contribution in [3.63, 3.8) is 0 Å². The minimum atomic E-state index is -0.164. The van der Waals surface area contributed by atoms with Gasteiger partial charge in [-0.3, -0.25) is 0 Å². The number of nitrogens with one attached hydrogen (secondary N) is 1. The summed E-state index contributed by atoms with van der Waals surface area (Å²) in [5.74, 6) is 1.53. The first-order chi connectivity index (χ1) is 14.1. The predicted molar refractivity (Wildman–Crippen MR) is 113 cm³/mol. The normalized spacial score (nSPS) is 11.9. The highest BCUT2D eigenvalue weighted by atomic mass is 32.2. The number of anilines is 3. The molecule has 4 rings (SSSR count). The van der Waals surface area contributed by atoms with E-state index in [-0.39, 0.29) is 11.2 Å². The van der Waals surface area contributed by atoms with Crippen molar-refractivity contribution in [2.24, 2.45) is 0 Å². The highest BCUT2D eigenvalue weighted by Crippen LogP contribution is 2.34. The molecule has 8 nitrogen and oxygen atoms in total. The molecular formula is C20H19N7OS. The van der Waals surface area contributed by atoms with Gasteiger partial charge in [0, 0.05) is 11.3 Å². The summed E-state index contributed by atoms with van der Waals surface area (Å²) in [6.45, 7) is 3.98. The van der Waals surface area contributed by atoms with Crippen LogP contribution in [0.3, 0.4) is 0 Å². The Morgan fingerprint density at radius 2 is 1.72 bits per heavy atom. The summed E-state index contributed by atoms with van der Waals surface area (Å²) in [7, 11) is 0. The van der Waals surface area contributed by atoms with Gasteiger partial charge in [0.1, 0.15) is 5.82 Å². The van der Waals surface area contributed by atoms with Gasteiger partial charge in [-0.1, -0.05) is 47.7 Å². The monoisotopic (exact) mass is 405 g/mol. The molecule has 0 radical (unpaired) electrons. The zero-order valence-corrected chi connectivity index (χ0v) is 16.7. The first kappa shape index (κ1) is 18.9. The van der Waals surface area contributed by atoms with Crippen LogP contribution in [-0.4, -0.2) is 25.1 Å². The zero-order valence-electron chi connectivity index (χ0n) is 15.9. The van der Waals surface area contributed by atoms with Gasteiger partial charge in [0.25, 0.3) is 5.22 Å². The van der Waals surface area contributed by atoms with E-state index < -0.39 is 0 Å². The van der Waals surface area contributed by atoms with Crippen LogP contribution in [-0.2, 0) is 0 Å². The Balaban J connectivity index is 1.50. The molecule has 4 aromatic rings. The summed E-state index contributed by atoms with van der Waals surface area (Å²) in [5, 5.41) is 11.6. The number of nitrogens with two attached hydrogens (primary N) is 1. The lowest BCUT2D eigenvalue weighted by Gasteiger charge is -2.10. The molecule has 2 aromatic heterocycles. The van der Waals surface area contributed by atoms with E-state index in [0.29, 0.717) is 22.9 Å². The second kappa shape index (κ2) is 8.27. The van der Waals surface area contributed by atoms with Crippen LogP contribution in [0.5, 0.6) is 0 Å². The highest BCUT2D eigenvalue weighted by molar-refractivity contribution is 7.99. The maximum absolute atomic E-state index is 5.87. The average molecular weight is 405 g/mol. The molecule has 2 aromatic carbocycles. The van der Waals surface area contributed by atoms with Crippen molar-refractivity contribution in [3.05, 3.63) is 66.0 Å². The molecule has 0 bridgehead atoms. The molecule has 2 heterocycles. The fourth-order valence-electron chi connectivity index (χ4n) is 2.57. The lowest BCUT2D eigenvalue weighted by molar-refractivity contribution is 0.465. The average Bonchev–Trinajstić information content (AvgIpc) is 3.17. The van der Waals surface area contributed by atoms with Gasteiger partial charge < -0.3 is 15.5 Å². The lowest BCUT2D eigenvalue weighted by Crippen LogP contribution is -2.08. The zero-order chi connectivity index (χ0) is 20.2. The number of aromatic nitrogens is 5. The van der Waals surface area contributed by atoms with Gasteiger partial charge in [0.05, 0.1) is 5.25 Å². The lowest BCUT2D eigenvalue weighted by atomic mass is 10.1. The number of hydrogen-bond donors (Lipinski definition) is 2. The van der Waals surface area contributed by atoms with E-state index in [4.69, 9.17) is 10.2 Å². The Hall–Kier alpha value is -3.46. The van der Waals surface area contributed by atoms with E-state index in [1.54, 1.807) is 0 Å². The van der Waals surface area contributed by atoms with E-state index in [9.17, 15) is 0 Å². The molecule has 146 valence electrons. The van der Waals surface area contributed by atoms with Crippen LogP contribution >= 0.6 is 11.8 Å². The van der Waals surface area contributed by atoms with Gasteiger partial charge in [-0.15, -0.1) is 10.2 Å². The minimum absolute atomic E-state index is 0.145. The summed E-state index contributed by atoms with van der Waals surface area (Å²) in [6.07, 6.45) is 0. The molecule has 1 atom stereocenters. The SMILES string of the molecule is Cc1ccc(-c2nnc(SC(C)c3nc(N)nc(Nc4ccccc4)n3)o2)cc1. The molecule has 3 N–H and O–H groups in total. The van der Waals surface area contributed by atoms with Gasteiger partial charge in [0.15, 0.2) is 0 Å². The second-order valence-electron chi connectivity index (χ2n) is 6.37. The number of benzene rings is 2. The van der Waals surface area contributed by atoms with Gasteiger partial charge in [-0.2, -0.15) is 15.0 Å². The van der Waals surface area contributed by atoms with E-state index >= 15 is 0 Å². The molecule has 0 aliphatic rings. The van der Waals surface area contributed by atoms with Crippen molar-refractivity contribution >= 4 is 29.3 Å². The van der Waals surface area contributed by atoms with Crippen LogP contribution < -0.4 is 11.1 Å². The second-order valence-corrected chi connectivity index (χ2v) is 7.66.